The van der Waals surface area contributed by atoms with Gasteiger partial charge < -0.3 is 14.8 Å². The third-order valence-electron chi connectivity index (χ3n) is 4.73. The summed E-state index contributed by atoms with van der Waals surface area (Å²) in [5.41, 5.74) is 1.70. The highest BCUT2D eigenvalue weighted by atomic mass is 16.1. The minimum atomic E-state index is -0.000890. The molecule has 0 bridgehead atoms. The maximum absolute atomic E-state index is 12.1. The molecule has 1 atom stereocenters. The molecule has 0 saturated carbocycles. The lowest BCUT2D eigenvalue weighted by molar-refractivity contribution is -0.120. The largest absolute Gasteiger partial charge is 0.354 e. The molecule has 3 aromatic rings. The Labute approximate surface area is 157 Å². The van der Waals surface area contributed by atoms with E-state index in [2.05, 4.69) is 36.8 Å². The topological polar surface area (TPSA) is 93.2 Å². The number of hydrogen-bond donors (Lipinski definition) is 1. The van der Waals surface area contributed by atoms with Gasteiger partial charge in [-0.1, -0.05) is 0 Å². The molecule has 142 valence electrons. The Bertz CT molecular complexity index is 989. The molecule has 1 aliphatic heterocycles. The first-order valence-corrected chi connectivity index (χ1v) is 9.21. The summed E-state index contributed by atoms with van der Waals surface area (Å²) in [5.74, 6) is 2.50. The van der Waals surface area contributed by atoms with E-state index in [0.29, 0.717) is 12.2 Å². The second kappa shape index (κ2) is 6.64. The van der Waals surface area contributed by atoms with Crippen molar-refractivity contribution in [3.05, 3.63) is 35.8 Å². The van der Waals surface area contributed by atoms with E-state index < -0.39 is 0 Å². The molecule has 0 aromatic carbocycles. The number of amides is 1. The molecule has 1 aliphatic rings. The molecule has 1 N–H and O–H groups in total. The molecule has 0 radical (unpaired) electrons. The van der Waals surface area contributed by atoms with Crippen molar-refractivity contribution in [2.24, 2.45) is 0 Å². The van der Waals surface area contributed by atoms with Crippen molar-refractivity contribution in [2.45, 2.75) is 52.7 Å². The SMILES string of the molecule is Cc1cc(N2CCn3cc(CC(=O)NC(C)C)nc3C2C)n2ncnc2n1. The number of imidazole rings is 1. The van der Waals surface area contributed by atoms with E-state index in [4.69, 9.17) is 4.98 Å². The number of carbonyl (C=O) groups is 1. The maximum atomic E-state index is 12.1. The highest BCUT2D eigenvalue weighted by Gasteiger charge is 2.28. The summed E-state index contributed by atoms with van der Waals surface area (Å²) < 4.78 is 3.91. The highest BCUT2D eigenvalue weighted by molar-refractivity contribution is 5.78. The molecule has 0 spiro atoms. The molecule has 27 heavy (non-hydrogen) atoms. The van der Waals surface area contributed by atoms with Gasteiger partial charge >= 0.3 is 0 Å². The molecule has 1 unspecified atom stereocenters. The van der Waals surface area contributed by atoms with Crippen LogP contribution in [0.2, 0.25) is 0 Å². The van der Waals surface area contributed by atoms with Crippen LogP contribution in [-0.2, 0) is 17.8 Å². The Kier molecular flexibility index (Phi) is 4.29. The van der Waals surface area contributed by atoms with Gasteiger partial charge in [0.05, 0.1) is 18.2 Å². The fraction of sp³-hybridized carbons (Fsp3) is 0.500. The molecule has 3 aromatic heterocycles. The van der Waals surface area contributed by atoms with E-state index in [1.54, 1.807) is 4.52 Å². The van der Waals surface area contributed by atoms with Gasteiger partial charge in [0.2, 0.25) is 5.91 Å². The van der Waals surface area contributed by atoms with Crippen LogP contribution in [0.15, 0.2) is 18.6 Å². The van der Waals surface area contributed by atoms with Crippen molar-refractivity contribution < 1.29 is 4.79 Å². The molecular formula is C18H24N8O. The average molecular weight is 368 g/mol. The standard InChI is InChI=1S/C18H24N8O/c1-11(2)21-15(27)8-14-9-24-5-6-25(13(4)17(24)23-14)16-7-12(3)22-18-19-10-20-26(16)18/h7,9-11,13H,5-6,8H2,1-4H3,(H,21,27). The number of aryl methyl sites for hydroxylation is 1. The summed E-state index contributed by atoms with van der Waals surface area (Å²) in [5, 5.41) is 7.24. The van der Waals surface area contributed by atoms with Crippen molar-refractivity contribution >= 4 is 17.5 Å². The minimum absolute atomic E-state index is 0.000890. The van der Waals surface area contributed by atoms with E-state index in [1.165, 1.54) is 6.33 Å². The van der Waals surface area contributed by atoms with Crippen molar-refractivity contribution in [1.82, 2.24) is 34.4 Å². The number of nitrogens with zero attached hydrogens (tertiary/aromatic N) is 7. The maximum Gasteiger partial charge on any atom is 0.254 e. The number of aromatic nitrogens is 6. The van der Waals surface area contributed by atoms with Crippen LogP contribution in [-0.4, -0.2) is 47.6 Å². The van der Waals surface area contributed by atoms with Crippen LogP contribution in [0.4, 0.5) is 5.82 Å². The van der Waals surface area contributed by atoms with Crippen LogP contribution < -0.4 is 10.2 Å². The molecule has 9 nitrogen and oxygen atoms in total. The molecule has 1 amide bonds. The lowest BCUT2D eigenvalue weighted by atomic mass is 10.2. The summed E-state index contributed by atoms with van der Waals surface area (Å²) in [4.78, 5) is 27.7. The Morgan fingerprint density at radius 3 is 2.93 bits per heavy atom. The quantitative estimate of drug-likeness (QED) is 0.746. The third kappa shape index (κ3) is 3.24. The molecule has 4 rings (SSSR count). The summed E-state index contributed by atoms with van der Waals surface area (Å²) in [6, 6.07) is 2.20. The zero-order chi connectivity index (χ0) is 19.1. The van der Waals surface area contributed by atoms with Gasteiger partial charge in [0.25, 0.3) is 5.78 Å². The van der Waals surface area contributed by atoms with Crippen LogP contribution in [0.1, 0.15) is 44.0 Å². The van der Waals surface area contributed by atoms with Gasteiger partial charge in [-0.3, -0.25) is 4.79 Å². The Morgan fingerprint density at radius 2 is 2.15 bits per heavy atom. The number of anilines is 1. The Hall–Kier alpha value is -2.97. The monoisotopic (exact) mass is 368 g/mol. The summed E-state index contributed by atoms with van der Waals surface area (Å²) in [6.45, 7) is 9.61. The average Bonchev–Trinajstić information content (AvgIpc) is 3.20. The van der Waals surface area contributed by atoms with Gasteiger partial charge in [-0.2, -0.15) is 14.6 Å². The first-order valence-electron chi connectivity index (χ1n) is 9.21. The molecule has 0 fully saturated rings. The van der Waals surface area contributed by atoms with Gasteiger partial charge in [-0.05, 0) is 27.7 Å². The normalized spacial score (nSPS) is 16.8. The van der Waals surface area contributed by atoms with Crippen LogP contribution in [0.3, 0.4) is 0 Å². The van der Waals surface area contributed by atoms with Gasteiger partial charge in [-0.25, -0.2) is 9.97 Å². The van der Waals surface area contributed by atoms with E-state index in [9.17, 15) is 4.79 Å². The molecule has 0 aliphatic carbocycles. The number of carbonyl (C=O) groups excluding carboxylic acids is 1. The van der Waals surface area contributed by atoms with Crippen LogP contribution in [0, 0.1) is 6.92 Å². The summed E-state index contributed by atoms with van der Waals surface area (Å²) in [6.07, 6.45) is 3.81. The Morgan fingerprint density at radius 1 is 1.33 bits per heavy atom. The highest BCUT2D eigenvalue weighted by Crippen LogP contribution is 2.30. The van der Waals surface area contributed by atoms with Crippen molar-refractivity contribution in [3.8, 4) is 0 Å². The van der Waals surface area contributed by atoms with E-state index >= 15 is 0 Å². The van der Waals surface area contributed by atoms with Gasteiger partial charge in [-0.15, -0.1) is 0 Å². The van der Waals surface area contributed by atoms with Crippen LogP contribution in [0.5, 0.6) is 0 Å². The second-order valence-electron chi connectivity index (χ2n) is 7.28. The van der Waals surface area contributed by atoms with Crippen LogP contribution in [0.25, 0.3) is 5.78 Å². The van der Waals surface area contributed by atoms with Crippen LogP contribution >= 0.6 is 0 Å². The predicted octanol–water partition coefficient (Wildman–Crippen LogP) is 1.28. The van der Waals surface area contributed by atoms with Gasteiger partial charge in [0.1, 0.15) is 18.0 Å². The summed E-state index contributed by atoms with van der Waals surface area (Å²) >= 11 is 0. The zero-order valence-electron chi connectivity index (χ0n) is 16.0. The fourth-order valence-electron chi connectivity index (χ4n) is 3.60. The third-order valence-corrected chi connectivity index (χ3v) is 4.73. The smallest absolute Gasteiger partial charge is 0.254 e. The summed E-state index contributed by atoms with van der Waals surface area (Å²) in [7, 11) is 0. The van der Waals surface area contributed by atoms with E-state index in [0.717, 1.165) is 36.1 Å². The molecule has 9 heteroatoms. The zero-order valence-corrected chi connectivity index (χ0v) is 16.0. The predicted molar refractivity (Wildman–Crippen MR) is 100 cm³/mol. The lowest BCUT2D eigenvalue weighted by Crippen LogP contribution is -2.38. The van der Waals surface area contributed by atoms with Gasteiger partial charge in [0.15, 0.2) is 0 Å². The number of rotatable bonds is 4. The first kappa shape index (κ1) is 17.4. The second-order valence-corrected chi connectivity index (χ2v) is 7.28. The molecule has 4 heterocycles. The van der Waals surface area contributed by atoms with Crippen molar-refractivity contribution in [1.29, 1.82) is 0 Å². The molecular weight excluding hydrogens is 344 g/mol. The lowest BCUT2D eigenvalue weighted by Gasteiger charge is -2.35. The number of hydrogen-bond acceptors (Lipinski definition) is 6. The number of fused-ring (bicyclic) bond motifs is 2. The molecule has 0 saturated heterocycles. The van der Waals surface area contributed by atoms with Crippen molar-refractivity contribution in [2.75, 3.05) is 11.4 Å². The van der Waals surface area contributed by atoms with Crippen molar-refractivity contribution in [3.63, 3.8) is 0 Å². The fourth-order valence-corrected chi connectivity index (χ4v) is 3.60. The van der Waals surface area contributed by atoms with E-state index in [1.807, 2.05) is 33.0 Å². The first-order chi connectivity index (χ1) is 12.9. The number of nitrogens with one attached hydrogen (secondary N) is 1. The minimum Gasteiger partial charge on any atom is -0.354 e. The van der Waals surface area contributed by atoms with E-state index in [-0.39, 0.29) is 18.0 Å². The Balaban J connectivity index is 1.62. The van der Waals surface area contributed by atoms with Gasteiger partial charge in [0, 0.05) is 37.1 Å².